The smallest absolute Gasteiger partial charge is 0.238 e. The summed E-state index contributed by atoms with van der Waals surface area (Å²) in [5, 5.41) is 0. The molecule has 0 radical (unpaired) electrons. The molecule has 2 aliphatic carbocycles. The first-order chi connectivity index (χ1) is 12.8. The number of carbonyl (C=O) groups is 1. The summed E-state index contributed by atoms with van der Waals surface area (Å²) in [5.74, 6) is 0.912. The molecule has 2 aromatic carbocycles. The number of fused-ring (bicyclic) bond motifs is 3. The lowest BCUT2D eigenvalue weighted by Crippen LogP contribution is -2.43. The topological polar surface area (TPSA) is 20.3 Å². The Balaban J connectivity index is 1.55. The Bertz CT molecular complexity index is 869. The van der Waals surface area contributed by atoms with Crippen molar-refractivity contribution < 1.29 is 4.79 Å². The van der Waals surface area contributed by atoms with Crippen LogP contribution in [0.2, 0.25) is 0 Å². The van der Waals surface area contributed by atoms with E-state index in [1.165, 1.54) is 36.8 Å². The molecule has 26 heavy (non-hydrogen) atoms. The summed E-state index contributed by atoms with van der Waals surface area (Å²) in [5.41, 5.74) is 4.85. The van der Waals surface area contributed by atoms with Crippen LogP contribution in [0, 0.1) is 5.92 Å². The van der Waals surface area contributed by atoms with Gasteiger partial charge < -0.3 is 4.90 Å². The number of para-hydroxylation sites is 1. The molecule has 0 bridgehead atoms. The second-order valence-corrected chi connectivity index (χ2v) is 8.11. The second kappa shape index (κ2) is 6.12. The summed E-state index contributed by atoms with van der Waals surface area (Å²) >= 11 is 0. The van der Waals surface area contributed by atoms with Gasteiger partial charge in [-0.15, -0.1) is 0 Å². The van der Waals surface area contributed by atoms with Gasteiger partial charge in [-0.3, -0.25) is 4.79 Å². The summed E-state index contributed by atoms with van der Waals surface area (Å²) in [7, 11) is 0. The average molecular weight is 343 g/mol. The number of amides is 1. The lowest BCUT2D eigenvalue weighted by atomic mass is 9.64. The van der Waals surface area contributed by atoms with E-state index in [1.807, 2.05) is 11.0 Å². The second-order valence-electron chi connectivity index (χ2n) is 8.11. The van der Waals surface area contributed by atoms with Crippen molar-refractivity contribution in [2.75, 3.05) is 4.90 Å². The van der Waals surface area contributed by atoms with Crippen molar-refractivity contribution in [2.45, 2.75) is 50.5 Å². The normalized spacial score (nSPS) is 27.2. The molecule has 1 heterocycles. The zero-order valence-corrected chi connectivity index (χ0v) is 15.2. The summed E-state index contributed by atoms with van der Waals surface area (Å²) in [6.45, 7) is 0.666. The van der Waals surface area contributed by atoms with Crippen LogP contribution in [0.1, 0.15) is 49.7 Å². The molecule has 1 aliphatic heterocycles. The fourth-order valence-electron chi connectivity index (χ4n) is 5.33. The van der Waals surface area contributed by atoms with E-state index in [9.17, 15) is 4.79 Å². The van der Waals surface area contributed by atoms with Gasteiger partial charge in [0.05, 0.1) is 12.0 Å². The van der Waals surface area contributed by atoms with Gasteiger partial charge in [0, 0.05) is 5.69 Å². The molecule has 1 amide bonds. The van der Waals surface area contributed by atoms with E-state index >= 15 is 0 Å². The van der Waals surface area contributed by atoms with E-state index in [1.54, 1.807) is 5.57 Å². The van der Waals surface area contributed by atoms with Gasteiger partial charge in [-0.25, -0.2) is 0 Å². The van der Waals surface area contributed by atoms with Crippen LogP contribution in [0.25, 0.3) is 0 Å². The Hall–Kier alpha value is -2.35. The Morgan fingerprint density at radius 3 is 2.69 bits per heavy atom. The zero-order valence-electron chi connectivity index (χ0n) is 15.2. The molecule has 2 nitrogen and oxygen atoms in total. The number of allylic oxidation sites excluding steroid dienone is 2. The van der Waals surface area contributed by atoms with Gasteiger partial charge in [-0.2, -0.15) is 0 Å². The van der Waals surface area contributed by atoms with Gasteiger partial charge in [-0.05, 0) is 55.2 Å². The van der Waals surface area contributed by atoms with Crippen LogP contribution in [0.15, 0.2) is 66.2 Å². The standard InChI is InChI=1S/C24H25NO/c26-23-24(15-14-19-10-4-5-11-20(19)16-24)21-12-6-7-13-22(21)25(23)17-18-8-2-1-3-9-18/h1-3,6-9,12-14,20H,4-5,10-11,15-17H2/t20-,24+/m1/s1. The summed E-state index contributed by atoms with van der Waals surface area (Å²) in [4.78, 5) is 15.7. The quantitative estimate of drug-likeness (QED) is 0.670. The van der Waals surface area contributed by atoms with Crippen molar-refractivity contribution in [3.05, 3.63) is 77.4 Å². The fraction of sp³-hybridized carbons (Fsp3) is 0.375. The molecule has 0 unspecified atom stereocenters. The zero-order chi connectivity index (χ0) is 17.6. The molecule has 1 spiro atoms. The number of nitrogens with zero attached hydrogens (tertiary/aromatic N) is 1. The molecule has 0 N–H and O–H groups in total. The number of benzene rings is 2. The molecular formula is C24H25NO. The SMILES string of the molecule is O=C1N(Cc2ccccc2)c2ccccc2[C@@]12CC=C1CCCC[C@@H]1C2. The predicted octanol–water partition coefficient (Wildman–Crippen LogP) is 5.38. The van der Waals surface area contributed by atoms with E-state index in [0.29, 0.717) is 18.4 Å². The molecule has 0 aromatic heterocycles. The highest BCUT2D eigenvalue weighted by Crippen LogP contribution is 2.53. The van der Waals surface area contributed by atoms with Crippen molar-refractivity contribution in [3.63, 3.8) is 0 Å². The van der Waals surface area contributed by atoms with Crippen LogP contribution in [0.3, 0.4) is 0 Å². The molecule has 132 valence electrons. The monoisotopic (exact) mass is 343 g/mol. The van der Waals surface area contributed by atoms with E-state index in [-0.39, 0.29) is 5.41 Å². The van der Waals surface area contributed by atoms with Gasteiger partial charge in [-0.1, -0.05) is 66.6 Å². The lowest BCUT2D eigenvalue weighted by molar-refractivity contribution is -0.124. The molecule has 5 rings (SSSR count). The van der Waals surface area contributed by atoms with Crippen molar-refractivity contribution in [3.8, 4) is 0 Å². The third-order valence-corrected chi connectivity index (χ3v) is 6.65. The Kier molecular flexibility index (Phi) is 3.74. The van der Waals surface area contributed by atoms with E-state index < -0.39 is 0 Å². The first-order valence-corrected chi connectivity index (χ1v) is 9.92. The van der Waals surface area contributed by atoms with Crippen LogP contribution in [0.5, 0.6) is 0 Å². The Morgan fingerprint density at radius 2 is 1.81 bits per heavy atom. The maximum absolute atomic E-state index is 13.7. The molecular weight excluding hydrogens is 318 g/mol. The first kappa shape index (κ1) is 15.9. The largest absolute Gasteiger partial charge is 0.307 e. The minimum absolute atomic E-state index is 0.309. The number of hydrogen-bond donors (Lipinski definition) is 0. The van der Waals surface area contributed by atoms with Gasteiger partial charge in [0.2, 0.25) is 5.91 Å². The molecule has 2 heteroatoms. The average Bonchev–Trinajstić information content (AvgIpc) is 2.92. The van der Waals surface area contributed by atoms with Crippen LogP contribution in [-0.2, 0) is 16.8 Å². The van der Waals surface area contributed by atoms with Gasteiger partial charge in [0.15, 0.2) is 0 Å². The van der Waals surface area contributed by atoms with Gasteiger partial charge >= 0.3 is 0 Å². The van der Waals surface area contributed by atoms with E-state index in [2.05, 4.69) is 54.6 Å². The number of carbonyl (C=O) groups excluding carboxylic acids is 1. The fourth-order valence-corrected chi connectivity index (χ4v) is 5.33. The van der Waals surface area contributed by atoms with Crippen LogP contribution in [0.4, 0.5) is 5.69 Å². The molecule has 1 fully saturated rings. The van der Waals surface area contributed by atoms with Crippen LogP contribution in [-0.4, -0.2) is 5.91 Å². The van der Waals surface area contributed by atoms with Crippen molar-refractivity contribution in [2.24, 2.45) is 5.92 Å². The Morgan fingerprint density at radius 1 is 1.00 bits per heavy atom. The summed E-state index contributed by atoms with van der Waals surface area (Å²) in [6.07, 6.45) is 9.40. The number of anilines is 1. The highest BCUT2D eigenvalue weighted by molar-refractivity contribution is 6.08. The lowest BCUT2D eigenvalue weighted by Gasteiger charge is -2.39. The Labute approximate surface area is 155 Å². The van der Waals surface area contributed by atoms with Crippen LogP contribution >= 0.6 is 0 Å². The minimum atomic E-state index is -0.336. The van der Waals surface area contributed by atoms with Gasteiger partial charge in [0.25, 0.3) is 0 Å². The van der Waals surface area contributed by atoms with Crippen LogP contribution < -0.4 is 4.90 Å². The first-order valence-electron chi connectivity index (χ1n) is 9.92. The molecule has 3 aliphatic rings. The summed E-state index contributed by atoms with van der Waals surface area (Å²) in [6, 6.07) is 18.8. The maximum atomic E-state index is 13.7. The number of hydrogen-bond acceptors (Lipinski definition) is 1. The van der Waals surface area contributed by atoms with Crippen molar-refractivity contribution >= 4 is 11.6 Å². The minimum Gasteiger partial charge on any atom is -0.307 e. The predicted molar refractivity (Wildman–Crippen MR) is 105 cm³/mol. The molecule has 0 saturated heterocycles. The third kappa shape index (κ3) is 2.35. The molecule has 2 atom stereocenters. The number of rotatable bonds is 2. The van der Waals surface area contributed by atoms with Gasteiger partial charge in [0.1, 0.15) is 0 Å². The van der Waals surface area contributed by atoms with E-state index in [4.69, 9.17) is 0 Å². The molecule has 2 aromatic rings. The van der Waals surface area contributed by atoms with E-state index in [0.717, 1.165) is 18.5 Å². The highest BCUT2D eigenvalue weighted by atomic mass is 16.2. The highest BCUT2D eigenvalue weighted by Gasteiger charge is 2.52. The van der Waals surface area contributed by atoms with Crippen molar-refractivity contribution in [1.82, 2.24) is 0 Å². The third-order valence-electron chi connectivity index (χ3n) is 6.65. The summed E-state index contributed by atoms with van der Waals surface area (Å²) < 4.78 is 0. The van der Waals surface area contributed by atoms with Crippen molar-refractivity contribution in [1.29, 1.82) is 0 Å². The maximum Gasteiger partial charge on any atom is 0.238 e. The molecule has 1 saturated carbocycles.